The zero-order valence-corrected chi connectivity index (χ0v) is 17.3. The molecule has 158 valence electrons. The second kappa shape index (κ2) is 6.88. The van der Waals surface area contributed by atoms with Crippen LogP contribution in [0, 0.1) is 40.4 Å². The first kappa shape index (κ1) is 20.5. The summed E-state index contributed by atoms with van der Waals surface area (Å²) in [6.45, 7) is 3.47. The van der Waals surface area contributed by atoms with E-state index < -0.39 is 41.3 Å². The Morgan fingerprint density at radius 3 is 2.69 bits per heavy atom. The van der Waals surface area contributed by atoms with Crippen molar-refractivity contribution in [3.63, 3.8) is 0 Å². The van der Waals surface area contributed by atoms with Crippen LogP contribution in [0.2, 0.25) is 0 Å². The van der Waals surface area contributed by atoms with Crippen LogP contribution in [-0.2, 0) is 19.1 Å². The molecule has 4 aliphatic rings. The van der Waals surface area contributed by atoms with Gasteiger partial charge in [-0.3, -0.25) is 14.4 Å². The highest BCUT2D eigenvalue weighted by atomic mass is 16.5. The van der Waals surface area contributed by atoms with Gasteiger partial charge in [0.15, 0.2) is 11.6 Å². The van der Waals surface area contributed by atoms with Gasteiger partial charge in [-0.15, -0.1) is 0 Å². The Kier molecular flexibility index (Phi) is 4.86. The van der Waals surface area contributed by atoms with Gasteiger partial charge in [0.2, 0.25) is 0 Å². The topological polar surface area (TPSA) is 101 Å². The lowest BCUT2D eigenvalue weighted by molar-refractivity contribution is -0.154. The average molecular weight is 402 g/mol. The van der Waals surface area contributed by atoms with Gasteiger partial charge in [-0.05, 0) is 55.1 Å². The van der Waals surface area contributed by atoms with Crippen LogP contribution in [-0.4, -0.2) is 47.6 Å². The number of aliphatic hydroxyl groups is 2. The van der Waals surface area contributed by atoms with Gasteiger partial charge in [-0.1, -0.05) is 25.5 Å². The number of ether oxygens (including phenoxy) is 1. The number of fused-ring (bicyclic) bond motifs is 5. The van der Waals surface area contributed by atoms with E-state index in [9.17, 15) is 24.6 Å². The number of aliphatic hydroxyl groups excluding tert-OH is 2. The highest BCUT2D eigenvalue weighted by Gasteiger charge is 2.66. The van der Waals surface area contributed by atoms with Crippen molar-refractivity contribution in [2.45, 2.75) is 45.6 Å². The summed E-state index contributed by atoms with van der Waals surface area (Å²) in [4.78, 5) is 37.1. The van der Waals surface area contributed by atoms with Crippen LogP contribution in [0.25, 0.3) is 0 Å². The molecular formula is C23H30O6. The Labute approximate surface area is 171 Å². The number of allylic oxidation sites excluding steroid dienone is 4. The molecule has 2 N–H and O–H groups in total. The Bertz CT molecular complexity index is 812. The number of carbonyl (C=O) groups is 3. The van der Waals surface area contributed by atoms with E-state index in [1.54, 1.807) is 12.2 Å². The Hall–Kier alpha value is -1.79. The Morgan fingerprint density at radius 2 is 2.03 bits per heavy atom. The van der Waals surface area contributed by atoms with Gasteiger partial charge in [0.25, 0.3) is 0 Å². The second-order valence-electron chi connectivity index (χ2n) is 9.77. The van der Waals surface area contributed by atoms with E-state index in [4.69, 9.17) is 4.74 Å². The summed E-state index contributed by atoms with van der Waals surface area (Å²) in [6, 6.07) is 0. The summed E-state index contributed by atoms with van der Waals surface area (Å²) in [5.41, 5.74) is 0.113. The quantitative estimate of drug-likeness (QED) is 0.699. The maximum absolute atomic E-state index is 12.7. The predicted molar refractivity (Wildman–Crippen MR) is 104 cm³/mol. The Morgan fingerprint density at radius 1 is 1.31 bits per heavy atom. The zero-order valence-electron chi connectivity index (χ0n) is 17.3. The molecule has 29 heavy (non-hydrogen) atoms. The summed E-state index contributed by atoms with van der Waals surface area (Å²) in [7, 11) is 1.33. The molecule has 0 saturated heterocycles. The highest BCUT2D eigenvalue weighted by molar-refractivity contribution is 6.01. The molecule has 4 rings (SSSR count). The van der Waals surface area contributed by atoms with E-state index in [1.807, 2.05) is 13.0 Å². The molecule has 0 aliphatic heterocycles. The lowest BCUT2D eigenvalue weighted by Gasteiger charge is -2.58. The van der Waals surface area contributed by atoms with Crippen LogP contribution in [0.3, 0.4) is 0 Å². The molecule has 0 aromatic carbocycles. The number of methoxy groups -OCH3 is 1. The SMILES string of the molecule is COC(=O)C1CC2C3CCC4=CC(=O)C=CC4(C)C3C(O)CC2(C)C1C(=O)CO. The smallest absolute Gasteiger partial charge is 0.309 e. The molecule has 3 saturated carbocycles. The van der Waals surface area contributed by atoms with Crippen LogP contribution >= 0.6 is 0 Å². The number of rotatable bonds is 3. The van der Waals surface area contributed by atoms with E-state index in [1.165, 1.54) is 7.11 Å². The van der Waals surface area contributed by atoms with Crippen LogP contribution < -0.4 is 0 Å². The zero-order chi connectivity index (χ0) is 21.1. The second-order valence-corrected chi connectivity index (χ2v) is 9.77. The molecule has 6 nitrogen and oxygen atoms in total. The standard InChI is InChI=1S/C23H30O6/c1-22-7-6-13(25)8-12(22)4-5-14-16-9-15(21(28)29-3)20(18(27)11-24)23(16,2)10-17(26)19(14)22/h6-8,14-17,19-20,24,26H,4-5,9-11H2,1-3H3. The van der Waals surface area contributed by atoms with Crippen LogP contribution in [0.15, 0.2) is 23.8 Å². The summed E-state index contributed by atoms with van der Waals surface area (Å²) in [5, 5.41) is 20.9. The number of carbonyl (C=O) groups excluding carboxylic acids is 3. The monoisotopic (exact) mass is 402 g/mol. The molecule has 0 aromatic heterocycles. The molecule has 6 heteroatoms. The number of esters is 1. The normalized spacial score (nSPS) is 45.7. The summed E-state index contributed by atoms with van der Waals surface area (Å²) >= 11 is 0. The van der Waals surface area contributed by atoms with E-state index in [2.05, 4.69) is 6.92 Å². The van der Waals surface area contributed by atoms with Crippen molar-refractivity contribution < 1.29 is 29.3 Å². The third kappa shape index (κ3) is 2.79. The molecule has 0 radical (unpaired) electrons. The first-order valence-corrected chi connectivity index (χ1v) is 10.5. The van der Waals surface area contributed by atoms with Crippen molar-refractivity contribution in [1.82, 2.24) is 0 Å². The number of hydrogen-bond acceptors (Lipinski definition) is 6. The highest BCUT2D eigenvalue weighted by Crippen LogP contribution is 2.67. The minimum absolute atomic E-state index is 0.00806. The van der Waals surface area contributed by atoms with E-state index >= 15 is 0 Å². The van der Waals surface area contributed by atoms with Crippen molar-refractivity contribution in [3.05, 3.63) is 23.8 Å². The van der Waals surface area contributed by atoms with Gasteiger partial charge in [0.1, 0.15) is 6.61 Å². The summed E-state index contributed by atoms with van der Waals surface area (Å²) in [5.74, 6) is -1.86. The molecule has 0 amide bonds. The number of Topliss-reactive ketones (excluding diaryl/α,β-unsaturated/α-hetero) is 1. The van der Waals surface area contributed by atoms with Crippen LogP contribution in [0.5, 0.6) is 0 Å². The third-order valence-electron chi connectivity index (χ3n) is 8.56. The van der Waals surface area contributed by atoms with E-state index in [-0.39, 0.29) is 29.3 Å². The lowest BCUT2D eigenvalue weighted by Crippen LogP contribution is -2.56. The fraction of sp³-hybridized carbons (Fsp3) is 0.696. The van der Waals surface area contributed by atoms with Crippen LogP contribution in [0.1, 0.15) is 39.5 Å². The minimum Gasteiger partial charge on any atom is -0.469 e. The van der Waals surface area contributed by atoms with Gasteiger partial charge >= 0.3 is 5.97 Å². The minimum atomic E-state index is -0.654. The van der Waals surface area contributed by atoms with Gasteiger partial charge < -0.3 is 14.9 Å². The molecule has 0 spiro atoms. The van der Waals surface area contributed by atoms with E-state index in [0.29, 0.717) is 12.8 Å². The van der Waals surface area contributed by atoms with Crippen molar-refractivity contribution in [2.24, 2.45) is 40.4 Å². The van der Waals surface area contributed by atoms with Crippen molar-refractivity contribution in [3.8, 4) is 0 Å². The first-order valence-electron chi connectivity index (χ1n) is 10.5. The maximum Gasteiger partial charge on any atom is 0.309 e. The summed E-state index contributed by atoms with van der Waals surface area (Å²) < 4.78 is 5.00. The fourth-order valence-corrected chi connectivity index (χ4v) is 7.45. The molecule has 3 fully saturated rings. The molecule has 0 aromatic rings. The summed E-state index contributed by atoms with van der Waals surface area (Å²) in [6.07, 6.45) is 7.11. The van der Waals surface area contributed by atoms with Crippen molar-refractivity contribution in [1.29, 1.82) is 0 Å². The molecular weight excluding hydrogens is 372 g/mol. The largest absolute Gasteiger partial charge is 0.469 e. The lowest BCUT2D eigenvalue weighted by atomic mass is 9.46. The number of ketones is 2. The molecule has 0 bridgehead atoms. The first-order chi connectivity index (χ1) is 13.7. The van der Waals surface area contributed by atoms with Crippen molar-refractivity contribution in [2.75, 3.05) is 13.7 Å². The van der Waals surface area contributed by atoms with Gasteiger partial charge in [-0.2, -0.15) is 0 Å². The molecule has 8 unspecified atom stereocenters. The maximum atomic E-state index is 12.7. The van der Waals surface area contributed by atoms with Crippen LogP contribution in [0.4, 0.5) is 0 Å². The molecule has 4 aliphatic carbocycles. The number of hydrogen-bond donors (Lipinski definition) is 2. The Balaban J connectivity index is 1.76. The fourth-order valence-electron chi connectivity index (χ4n) is 7.45. The predicted octanol–water partition coefficient (Wildman–Crippen LogP) is 1.84. The molecule has 0 heterocycles. The van der Waals surface area contributed by atoms with Gasteiger partial charge in [0, 0.05) is 17.3 Å². The third-order valence-corrected chi connectivity index (χ3v) is 8.56. The van der Waals surface area contributed by atoms with Gasteiger partial charge in [0.05, 0.1) is 19.1 Å². The molecule has 8 atom stereocenters. The average Bonchev–Trinajstić information content (AvgIpc) is 2.99. The van der Waals surface area contributed by atoms with Crippen molar-refractivity contribution >= 4 is 17.5 Å². The van der Waals surface area contributed by atoms with E-state index in [0.717, 1.165) is 18.4 Å². The van der Waals surface area contributed by atoms with Gasteiger partial charge in [-0.25, -0.2) is 0 Å².